The lowest BCUT2D eigenvalue weighted by molar-refractivity contribution is -0.125. The van der Waals surface area contributed by atoms with Crippen LogP contribution in [-0.2, 0) is 11.2 Å². The van der Waals surface area contributed by atoms with Gasteiger partial charge in [-0.3, -0.25) is 4.79 Å². The Morgan fingerprint density at radius 1 is 1.23 bits per heavy atom. The number of carbonyl (C=O) groups excluding carboxylic acids is 1. The summed E-state index contributed by atoms with van der Waals surface area (Å²) in [5, 5.41) is 4.32. The Hall–Kier alpha value is -1.77. The maximum Gasteiger partial charge on any atom is 0.224 e. The van der Waals surface area contributed by atoms with Crippen molar-refractivity contribution >= 4 is 33.3 Å². The smallest absolute Gasteiger partial charge is 0.224 e. The second-order valence-electron chi connectivity index (χ2n) is 8.56. The Bertz CT molecular complexity index is 847. The van der Waals surface area contributed by atoms with Gasteiger partial charge in [0, 0.05) is 50.7 Å². The Labute approximate surface area is 183 Å². The molecule has 0 aliphatic carbocycles. The molecule has 0 unspecified atom stereocenters. The van der Waals surface area contributed by atoms with Crippen LogP contribution in [0.1, 0.15) is 31.1 Å². The first-order valence-electron chi connectivity index (χ1n) is 11.3. The summed E-state index contributed by atoms with van der Waals surface area (Å²) in [4.78, 5) is 31.4. The van der Waals surface area contributed by atoms with Gasteiger partial charge < -0.3 is 20.0 Å². The Morgan fingerprint density at radius 3 is 2.87 bits per heavy atom. The van der Waals surface area contributed by atoms with E-state index in [1.165, 1.54) is 4.88 Å². The monoisotopic (exact) mass is 430 g/mol. The molecule has 164 valence electrons. The molecule has 2 aromatic heterocycles. The fourth-order valence-corrected chi connectivity index (χ4v) is 5.36. The third kappa shape index (κ3) is 5.10. The lowest BCUT2D eigenvalue weighted by Gasteiger charge is -2.33. The van der Waals surface area contributed by atoms with E-state index >= 15 is 0 Å². The maximum absolute atomic E-state index is 12.8. The van der Waals surface area contributed by atoms with Crippen LogP contribution in [0.2, 0.25) is 0 Å². The number of fused-ring (bicyclic) bond motifs is 1. The molecule has 0 spiro atoms. The van der Waals surface area contributed by atoms with Crippen molar-refractivity contribution in [1.29, 1.82) is 0 Å². The van der Waals surface area contributed by atoms with Crippen molar-refractivity contribution in [3.63, 3.8) is 0 Å². The number of carbonyl (C=O) groups is 1. The van der Waals surface area contributed by atoms with Crippen LogP contribution >= 0.6 is 11.3 Å². The molecule has 2 aromatic rings. The van der Waals surface area contributed by atoms with Crippen LogP contribution in [-0.4, -0.2) is 85.1 Å². The largest absolute Gasteiger partial charge is 0.356 e. The van der Waals surface area contributed by atoms with Crippen molar-refractivity contribution < 1.29 is 4.79 Å². The first kappa shape index (κ1) is 21.5. The zero-order chi connectivity index (χ0) is 20.9. The fraction of sp³-hybridized carbons (Fsp3) is 0.682. The van der Waals surface area contributed by atoms with E-state index < -0.39 is 0 Å². The van der Waals surface area contributed by atoms with Gasteiger partial charge in [-0.25, -0.2) is 9.97 Å². The Morgan fingerprint density at radius 2 is 2.07 bits per heavy atom. The van der Waals surface area contributed by atoms with Gasteiger partial charge in [-0.05, 0) is 45.3 Å². The van der Waals surface area contributed by atoms with E-state index in [2.05, 4.69) is 50.0 Å². The molecule has 1 N–H and O–H groups in total. The van der Waals surface area contributed by atoms with Crippen LogP contribution in [0.25, 0.3) is 10.2 Å². The SMILES string of the molecule is CCc1cc2c(N3CCC[C@H](C(=O)NCCCN4CCN(C)CC4)C3)ncnc2s1. The number of anilines is 1. The van der Waals surface area contributed by atoms with Crippen LogP contribution in [0.4, 0.5) is 5.82 Å². The quantitative estimate of drug-likeness (QED) is 0.680. The van der Waals surface area contributed by atoms with E-state index in [1.54, 1.807) is 17.7 Å². The van der Waals surface area contributed by atoms with Crippen molar-refractivity contribution in [2.24, 2.45) is 5.92 Å². The topological polar surface area (TPSA) is 64.6 Å². The molecule has 2 aliphatic heterocycles. The molecule has 1 atom stereocenters. The van der Waals surface area contributed by atoms with E-state index in [9.17, 15) is 4.79 Å². The van der Waals surface area contributed by atoms with Crippen LogP contribution < -0.4 is 10.2 Å². The van der Waals surface area contributed by atoms with Crippen LogP contribution in [0.5, 0.6) is 0 Å². The fourth-order valence-electron chi connectivity index (χ4n) is 4.43. The molecule has 2 saturated heterocycles. The van der Waals surface area contributed by atoms with Gasteiger partial charge in [0.05, 0.1) is 11.3 Å². The predicted octanol–water partition coefficient (Wildman–Crippen LogP) is 2.22. The van der Waals surface area contributed by atoms with E-state index in [1.807, 2.05) is 0 Å². The number of thiophene rings is 1. The summed E-state index contributed by atoms with van der Waals surface area (Å²) in [7, 11) is 2.18. The normalized spacial score (nSPS) is 21.3. The van der Waals surface area contributed by atoms with Gasteiger partial charge in [0.2, 0.25) is 5.91 Å². The summed E-state index contributed by atoms with van der Waals surface area (Å²) in [5.41, 5.74) is 0. The standard InChI is InChI=1S/C22H34N6OS/c1-3-18-14-19-20(24-16-25-22(19)30-18)28-9-4-6-17(15-28)21(29)23-7-5-8-27-12-10-26(2)11-13-27/h14,16-17H,3-13,15H2,1-2H3,(H,23,29)/t17-/m0/s1. The zero-order valence-electron chi connectivity index (χ0n) is 18.3. The summed E-state index contributed by atoms with van der Waals surface area (Å²) in [6.45, 7) is 10.3. The van der Waals surface area contributed by atoms with Crippen LogP contribution in [0.3, 0.4) is 0 Å². The highest BCUT2D eigenvalue weighted by atomic mass is 32.1. The number of piperidine rings is 1. The third-order valence-corrected chi connectivity index (χ3v) is 7.53. The molecule has 4 heterocycles. The first-order chi connectivity index (χ1) is 14.6. The number of rotatable bonds is 7. The highest BCUT2D eigenvalue weighted by Crippen LogP contribution is 2.32. The molecule has 2 fully saturated rings. The second kappa shape index (κ2) is 10.0. The van der Waals surface area contributed by atoms with E-state index in [0.29, 0.717) is 0 Å². The Kier molecular flexibility index (Phi) is 7.17. The molecule has 0 bridgehead atoms. The maximum atomic E-state index is 12.8. The molecule has 4 rings (SSSR count). The summed E-state index contributed by atoms with van der Waals surface area (Å²) in [6, 6.07) is 2.22. The molecule has 8 heteroatoms. The highest BCUT2D eigenvalue weighted by molar-refractivity contribution is 7.18. The molecule has 7 nitrogen and oxygen atoms in total. The minimum Gasteiger partial charge on any atom is -0.356 e. The number of hydrogen-bond acceptors (Lipinski definition) is 7. The Balaban J connectivity index is 1.28. The lowest BCUT2D eigenvalue weighted by atomic mass is 9.97. The van der Waals surface area contributed by atoms with Gasteiger partial charge in [0.25, 0.3) is 0 Å². The van der Waals surface area contributed by atoms with Crippen molar-refractivity contribution in [3.05, 3.63) is 17.3 Å². The minimum absolute atomic E-state index is 0.0386. The number of amides is 1. The van der Waals surface area contributed by atoms with E-state index in [0.717, 1.165) is 94.1 Å². The number of aromatic nitrogens is 2. The molecular weight excluding hydrogens is 396 g/mol. The number of nitrogens with one attached hydrogen (secondary N) is 1. The molecule has 0 radical (unpaired) electrons. The minimum atomic E-state index is 0.0386. The number of aryl methyl sites for hydroxylation is 1. The van der Waals surface area contributed by atoms with Gasteiger partial charge in [-0.2, -0.15) is 0 Å². The average Bonchev–Trinajstić information content (AvgIpc) is 3.21. The number of nitrogens with zero attached hydrogens (tertiary/aromatic N) is 5. The summed E-state index contributed by atoms with van der Waals surface area (Å²) >= 11 is 1.74. The van der Waals surface area contributed by atoms with Gasteiger partial charge in [-0.15, -0.1) is 11.3 Å². The van der Waals surface area contributed by atoms with Crippen molar-refractivity contribution in [2.75, 3.05) is 64.3 Å². The number of likely N-dealkylation sites (N-methyl/N-ethyl adjacent to an activating group) is 1. The third-order valence-electron chi connectivity index (χ3n) is 6.35. The van der Waals surface area contributed by atoms with E-state index in [-0.39, 0.29) is 11.8 Å². The molecular formula is C22H34N6OS. The first-order valence-corrected chi connectivity index (χ1v) is 12.1. The van der Waals surface area contributed by atoms with Gasteiger partial charge in [0.15, 0.2) is 0 Å². The highest BCUT2D eigenvalue weighted by Gasteiger charge is 2.27. The van der Waals surface area contributed by atoms with Gasteiger partial charge in [-0.1, -0.05) is 6.92 Å². The summed E-state index contributed by atoms with van der Waals surface area (Å²) in [5.74, 6) is 1.23. The summed E-state index contributed by atoms with van der Waals surface area (Å²) in [6.07, 6.45) is 5.68. The number of hydrogen-bond donors (Lipinski definition) is 1. The molecule has 30 heavy (non-hydrogen) atoms. The zero-order valence-corrected chi connectivity index (χ0v) is 19.1. The predicted molar refractivity (Wildman–Crippen MR) is 123 cm³/mol. The van der Waals surface area contributed by atoms with Gasteiger partial charge >= 0.3 is 0 Å². The van der Waals surface area contributed by atoms with E-state index in [4.69, 9.17) is 0 Å². The number of piperazine rings is 1. The summed E-state index contributed by atoms with van der Waals surface area (Å²) < 4.78 is 0. The van der Waals surface area contributed by atoms with Gasteiger partial charge in [0.1, 0.15) is 17.0 Å². The van der Waals surface area contributed by atoms with Crippen molar-refractivity contribution in [1.82, 2.24) is 25.1 Å². The molecule has 1 amide bonds. The lowest BCUT2D eigenvalue weighted by Crippen LogP contribution is -2.46. The molecule has 0 saturated carbocycles. The van der Waals surface area contributed by atoms with Crippen LogP contribution in [0.15, 0.2) is 12.4 Å². The molecule has 2 aliphatic rings. The van der Waals surface area contributed by atoms with Crippen LogP contribution in [0, 0.1) is 5.92 Å². The van der Waals surface area contributed by atoms with Crippen molar-refractivity contribution in [3.8, 4) is 0 Å². The van der Waals surface area contributed by atoms with Crippen molar-refractivity contribution in [2.45, 2.75) is 32.6 Å². The second-order valence-corrected chi connectivity index (χ2v) is 9.67. The average molecular weight is 431 g/mol. The molecule has 0 aromatic carbocycles.